The molecule has 2 amide bonds. The molecule has 0 radical (unpaired) electrons. The van der Waals surface area contributed by atoms with Crippen LogP contribution in [-0.4, -0.2) is 45.2 Å². The van der Waals surface area contributed by atoms with Crippen molar-refractivity contribution in [3.63, 3.8) is 0 Å². The van der Waals surface area contributed by atoms with Crippen molar-refractivity contribution in [2.75, 3.05) is 37.0 Å². The smallest absolute Gasteiger partial charge is 0.287 e. The van der Waals surface area contributed by atoms with Crippen LogP contribution in [0.5, 0.6) is 0 Å². The Balaban J connectivity index is 1.76. The van der Waals surface area contributed by atoms with Gasteiger partial charge in [0.1, 0.15) is 5.70 Å². The van der Waals surface area contributed by atoms with Crippen molar-refractivity contribution in [1.82, 2.24) is 10.7 Å². The zero-order chi connectivity index (χ0) is 25.9. The molecular formula is C29H33N5O2. The molecule has 0 fully saturated rings. The molecule has 36 heavy (non-hydrogen) atoms. The second kappa shape index (κ2) is 12.9. The van der Waals surface area contributed by atoms with E-state index in [4.69, 9.17) is 0 Å². The monoisotopic (exact) mass is 483 g/mol. The zero-order valence-corrected chi connectivity index (χ0v) is 21.2. The van der Waals surface area contributed by atoms with Gasteiger partial charge in [-0.1, -0.05) is 42.5 Å². The van der Waals surface area contributed by atoms with E-state index in [0.717, 1.165) is 35.6 Å². The number of rotatable bonds is 10. The maximum atomic E-state index is 13.0. The van der Waals surface area contributed by atoms with Gasteiger partial charge in [0.25, 0.3) is 11.8 Å². The highest BCUT2D eigenvalue weighted by Gasteiger charge is 2.14. The molecule has 0 heterocycles. The Kier molecular flexibility index (Phi) is 9.40. The van der Waals surface area contributed by atoms with Crippen LogP contribution in [0.3, 0.4) is 0 Å². The minimum Gasteiger partial charge on any atom is -0.378 e. The largest absolute Gasteiger partial charge is 0.378 e. The normalized spacial score (nSPS) is 11.3. The van der Waals surface area contributed by atoms with Crippen molar-refractivity contribution in [3.05, 3.63) is 101 Å². The zero-order valence-electron chi connectivity index (χ0n) is 21.2. The molecule has 7 nitrogen and oxygen atoms in total. The first-order chi connectivity index (χ1) is 17.4. The van der Waals surface area contributed by atoms with Crippen molar-refractivity contribution < 1.29 is 9.59 Å². The van der Waals surface area contributed by atoms with Crippen LogP contribution in [0, 0.1) is 0 Å². The van der Waals surface area contributed by atoms with Crippen LogP contribution in [0.15, 0.2) is 89.7 Å². The standard InChI is InChI=1S/C29H33N5O2/c1-5-34(6-2)26-18-14-23(15-19-26)21-30-32-29(36)27(31-28(35)24-10-8-7-9-11-24)20-22-12-16-25(17-13-22)33(3)4/h7-21H,5-6H2,1-4H3,(H,31,35)(H,32,36)/b27-20-,30-21+. The van der Waals surface area contributed by atoms with Gasteiger partial charge in [-0.05, 0) is 67.4 Å². The summed E-state index contributed by atoms with van der Waals surface area (Å²) in [6.45, 7) is 6.10. The molecule has 0 aromatic heterocycles. The first kappa shape index (κ1) is 26.2. The van der Waals surface area contributed by atoms with E-state index in [0.29, 0.717) is 5.56 Å². The molecule has 0 saturated heterocycles. The summed E-state index contributed by atoms with van der Waals surface area (Å²) in [6, 6.07) is 24.4. The molecule has 7 heteroatoms. The van der Waals surface area contributed by atoms with Crippen molar-refractivity contribution in [2.45, 2.75) is 13.8 Å². The number of carbonyl (C=O) groups is 2. The van der Waals surface area contributed by atoms with Crippen molar-refractivity contribution >= 4 is 35.5 Å². The number of benzene rings is 3. The fourth-order valence-electron chi connectivity index (χ4n) is 3.56. The highest BCUT2D eigenvalue weighted by atomic mass is 16.2. The van der Waals surface area contributed by atoms with Gasteiger partial charge in [-0.3, -0.25) is 9.59 Å². The maximum Gasteiger partial charge on any atom is 0.287 e. The number of hydrogen-bond donors (Lipinski definition) is 2. The molecule has 186 valence electrons. The Labute approximate surface area is 213 Å². The van der Waals surface area contributed by atoms with E-state index >= 15 is 0 Å². The SMILES string of the molecule is CCN(CC)c1ccc(/C=N/NC(=O)/C(=C/c2ccc(N(C)C)cc2)NC(=O)c2ccccc2)cc1. The maximum absolute atomic E-state index is 13.0. The summed E-state index contributed by atoms with van der Waals surface area (Å²) in [7, 11) is 3.91. The Morgan fingerprint density at radius 2 is 1.39 bits per heavy atom. The quantitative estimate of drug-likeness (QED) is 0.253. The van der Waals surface area contributed by atoms with Gasteiger partial charge in [0.05, 0.1) is 6.21 Å². The van der Waals surface area contributed by atoms with Crippen molar-refractivity contribution in [1.29, 1.82) is 0 Å². The fourth-order valence-corrected chi connectivity index (χ4v) is 3.56. The lowest BCUT2D eigenvalue weighted by atomic mass is 10.1. The summed E-state index contributed by atoms with van der Waals surface area (Å²) < 4.78 is 0. The lowest BCUT2D eigenvalue weighted by molar-refractivity contribution is -0.117. The lowest BCUT2D eigenvalue weighted by Crippen LogP contribution is -2.32. The van der Waals surface area contributed by atoms with Gasteiger partial charge in [-0.15, -0.1) is 0 Å². The molecular weight excluding hydrogens is 450 g/mol. The van der Waals surface area contributed by atoms with E-state index in [-0.39, 0.29) is 11.6 Å². The van der Waals surface area contributed by atoms with Crippen LogP contribution in [0.25, 0.3) is 6.08 Å². The average molecular weight is 484 g/mol. The average Bonchev–Trinajstić information content (AvgIpc) is 2.90. The molecule has 2 N–H and O–H groups in total. The summed E-state index contributed by atoms with van der Waals surface area (Å²) in [5.41, 5.74) is 6.86. The summed E-state index contributed by atoms with van der Waals surface area (Å²) in [5.74, 6) is -0.898. The highest BCUT2D eigenvalue weighted by molar-refractivity contribution is 6.05. The second-order valence-corrected chi connectivity index (χ2v) is 8.33. The first-order valence-electron chi connectivity index (χ1n) is 11.9. The molecule has 0 aliphatic rings. The molecule has 0 unspecified atom stereocenters. The van der Waals surface area contributed by atoms with Gasteiger partial charge in [-0.2, -0.15) is 5.10 Å². The molecule has 3 aromatic rings. The van der Waals surface area contributed by atoms with E-state index in [1.165, 1.54) is 0 Å². The molecule has 0 atom stereocenters. The summed E-state index contributed by atoms with van der Waals surface area (Å²) >= 11 is 0. The van der Waals surface area contributed by atoms with Crippen LogP contribution in [0.4, 0.5) is 11.4 Å². The number of amides is 2. The van der Waals surface area contributed by atoms with Gasteiger partial charge < -0.3 is 15.1 Å². The van der Waals surface area contributed by atoms with E-state index in [1.807, 2.05) is 73.6 Å². The first-order valence-corrected chi connectivity index (χ1v) is 11.9. The Morgan fingerprint density at radius 3 is 1.97 bits per heavy atom. The lowest BCUT2D eigenvalue weighted by Gasteiger charge is -2.20. The minimum atomic E-state index is -0.521. The van der Waals surface area contributed by atoms with Crippen LogP contribution in [0.2, 0.25) is 0 Å². The molecule has 0 saturated carbocycles. The predicted molar refractivity (Wildman–Crippen MR) is 148 cm³/mol. The topological polar surface area (TPSA) is 77.0 Å². The van der Waals surface area contributed by atoms with Crippen LogP contribution >= 0.6 is 0 Å². The highest BCUT2D eigenvalue weighted by Crippen LogP contribution is 2.15. The molecule has 0 bridgehead atoms. The van der Waals surface area contributed by atoms with E-state index in [2.05, 4.69) is 34.6 Å². The molecule has 0 aliphatic carbocycles. The van der Waals surface area contributed by atoms with Gasteiger partial charge in [0, 0.05) is 44.1 Å². The van der Waals surface area contributed by atoms with Gasteiger partial charge >= 0.3 is 0 Å². The Hall–Kier alpha value is -4.39. The number of carbonyl (C=O) groups excluding carboxylic acids is 2. The van der Waals surface area contributed by atoms with Crippen LogP contribution in [0.1, 0.15) is 35.3 Å². The second-order valence-electron chi connectivity index (χ2n) is 8.33. The third kappa shape index (κ3) is 7.30. The van der Waals surface area contributed by atoms with Gasteiger partial charge in [0.15, 0.2) is 0 Å². The van der Waals surface area contributed by atoms with E-state index < -0.39 is 5.91 Å². The third-order valence-electron chi connectivity index (χ3n) is 5.65. The molecule has 3 aromatic carbocycles. The van der Waals surface area contributed by atoms with Crippen LogP contribution < -0.4 is 20.5 Å². The summed E-state index contributed by atoms with van der Waals surface area (Å²) in [5, 5.41) is 6.82. The Bertz CT molecular complexity index is 1200. The van der Waals surface area contributed by atoms with Crippen molar-refractivity contribution in [2.24, 2.45) is 5.10 Å². The fraction of sp³-hybridized carbons (Fsp3) is 0.207. The predicted octanol–water partition coefficient (Wildman–Crippen LogP) is 4.52. The number of nitrogens with one attached hydrogen (secondary N) is 2. The number of hydrazone groups is 1. The van der Waals surface area contributed by atoms with Crippen molar-refractivity contribution in [3.8, 4) is 0 Å². The Morgan fingerprint density at radius 1 is 0.806 bits per heavy atom. The van der Waals surface area contributed by atoms with E-state index in [9.17, 15) is 9.59 Å². The number of hydrogen-bond acceptors (Lipinski definition) is 5. The third-order valence-corrected chi connectivity index (χ3v) is 5.65. The summed E-state index contributed by atoms with van der Waals surface area (Å²) in [4.78, 5) is 30.0. The van der Waals surface area contributed by atoms with Crippen LogP contribution in [-0.2, 0) is 4.79 Å². The van der Waals surface area contributed by atoms with Gasteiger partial charge in [0.2, 0.25) is 0 Å². The van der Waals surface area contributed by atoms with E-state index in [1.54, 1.807) is 36.6 Å². The van der Waals surface area contributed by atoms with Gasteiger partial charge in [-0.25, -0.2) is 5.43 Å². The molecule has 0 aliphatic heterocycles. The molecule has 0 spiro atoms. The number of anilines is 2. The minimum absolute atomic E-state index is 0.0930. The summed E-state index contributed by atoms with van der Waals surface area (Å²) in [6.07, 6.45) is 3.20. The molecule has 3 rings (SSSR count). The number of nitrogens with zero attached hydrogens (tertiary/aromatic N) is 3.